The highest BCUT2D eigenvalue weighted by Gasteiger charge is 2.18. The third-order valence-electron chi connectivity index (χ3n) is 2.01. The smallest absolute Gasteiger partial charge is 0.423 e. The second-order valence-electron chi connectivity index (χ2n) is 4.79. The Balaban J connectivity index is 2.92. The maximum absolute atomic E-state index is 9.03. The molecule has 0 atom stereocenters. The average molecular weight is 204 g/mol. The van der Waals surface area contributed by atoms with E-state index >= 15 is 0 Å². The van der Waals surface area contributed by atoms with Gasteiger partial charge in [-0.15, -0.1) is 0 Å². The number of hydrogen-bond acceptors (Lipinski definition) is 3. The summed E-state index contributed by atoms with van der Waals surface area (Å²) in [6.45, 7) is 8.06. The van der Waals surface area contributed by atoms with Crippen molar-refractivity contribution in [3.8, 4) is 0 Å². The van der Waals surface area contributed by atoms with Crippen LogP contribution in [0, 0.1) is 6.92 Å². The van der Waals surface area contributed by atoms with Gasteiger partial charge in [0.25, 0.3) is 0 Å². The predicted molar refractivity (Wildman–Crippen MR) is 63.9 cm³/mol. The van der Waals surface area contributed by atoms with Crippen LogP contribution in [0.2, 0.25) is 5.31 Å². The van der Waals surface area contributed by atoms with Gasteiger partial charge in [0, 0.05) is 11.2 Å². The first kappa shape index (κ1) is 12.3. The normalized spacial score (nSPS) is 11.3. The zero-order valence-electron chi connectivity index (χ0n) is 9.65. The number of pyridine rings is 1. The summed E-state index contributed by atoms with van der Waals surface area (Å²) in [6.07, 6.45) is 0. The van der Waals surface area contributed by atoms with Crippen LogP contribution >= 0.6 is 0 Å². The van der Waals surface area contributed by atoms with Crippen LogP contribution in [0.5, 0.6) is 0 Å². The summed E-state index contributed by atoms with van der Waals surface area (Å²) in [7, 11) is 0.606. The van der Waals surface area contributed by atoms with Crippen molar-refractivity contribution in [2.24, 2.45) is 0 Å². The van der Waals surface area contributed by atoms with Crippen molar-refractivity contribution in [2.75, 3.05) is 0 Å². The van der Waals surface area contributed by atoms with Crippen LogP contribution in [0.25, 0.3) is 0 Å². The molecule has 3 nitrogen and oxygen atoms in total. The minimum absolute atomic E-state index is 0.0682. The second kappa shape index (κ2) is 4.37. The van der Waals surface area contributed by atoms with Gasteiger partial charge in [-0.25, -0.2) is 0 Å². The highest BCUT2D eigenvalue weighted by Crippen LogP contribution is 2.18. The molecule has 0 unspecified atom stereocenters. The Morgan fingerprint density at radius 2 is 1.87 bits per heavy atom. The molecule has 0 spiro atoms. The molecule has 79 valence electrons. The van der Waals surface area contributed by atoms with E-state index in [-0.39, 0.29) is 5.31 Å². The van der Waals surface area contributed by atoms with Gasteiger partial charge in [0.05, 0.1) is 0 Å². The molecule has 0 aliphatic carbocycles. The fourth-order valence-electron chi connectivity index (χ4n) is 1.39. The van der Waals surface area contributed by atoms with Gasteiger partial charge in [-0.1, -0.05) is 38.2 Å². The van der Waals surface area contributed by atoms with E-state index in [0.29, 0.717) is 11.2 Å². The van der Waals surface area contributed by atoms with Gasteiger partial charge >= 0.3 is 7.12 Å². The topological polar surface area (TPSA) is 53.4 Å². The molecule has 0 bridgehead atoms. The van der Waals surface area contributed by atoms with Gasteiger partial charge in [0.1, 0.15) is 0 Å². The zero-order chi connectivity index (χ0) is 11.6. The van der Waals surface area contributed by atoms with E-state index in [1.165, 1.54) is 0 Å². The molecule has 1 rings (SSSR count). The first-order valence-electron chi connectivity index (χ1n) is 4.99. The van der Waals surface area contributed by atoms with Gasteiger partial charge in [-0.05, 0) is 12.5 Å². The molecule has 2 N–H and O–H groups in total. The van der Waals surface area contributed by atoms with Gasteiger partial charge in [-0.2, -0.15) is 0 Å². The Labute approximate surface area is 91.9 Å². The largest absolute Gasteiger partial charge is 0.490 e. The molecule has 0 amide bonds. The predicted octanol–water partition coefficient (Wildman–Crippen LogP) is -0.382. The third kappa shape index (κ3) is 3.68. The van der Waals surface area contributed by atoms with Crippen molar-refractivity contribution in [1.82, 2.24) is 4.98 Å². The maximum atomic E-state index is 9.03. The summed E-state index contributed by atoms with van der Waals surface area (Å²) in [4.78, 5) is 4.30. The van der Waals surface area contributed by atoms with E-state index in [0.717, 1.165) is 5.59 Å². The van der Waals surface area contributed by atoms with Crippen LogP contribution in [0.4, 0.5) is 0 Å². The zero-order valence-corrected chi connectivity index (χ0v) is 9.65. The van der Waals surface area contributed by atoms with Gasteiger partial charge in [0.2, 0.25) is 0 Å². The van der Waals surface area contributed by atoms with Crippen molar-refractivity contribution in [1.29, 1.82) is 0 Å². The lowest BCUT2D eigenvalue weighted by Gasteiger charge is -2.16. The van der Waals surface area contributed by atoms with Gasteiger partial charge in [0.15, 0.2) is 7.28 Å². The molecule has 15 heavy (non-hydrogen) atoms. The lowest BCUT2D eigenvalue weighted by molar-refractivity contribution is 0.425. The number of nitrogens with zero attached hydrogens (tertiary/aromatic N) is 1. The van der Waals surface area contributed by atoms with E-state index in [9.17, 15) is 0 Å². The lowest BCUT2D eigenvalue weighted by atomic mass is 9.53. The Kier molecular flexibility index (Phi) is 3.58. The van der Waals surface area contributed by atoms with E-state index in [1.807, 2.05) is 7.28 Å². The number of aromatic nitrogens is 1. The molecule has 0 saturated heterocycles. The molecule has 1 aromatic heterocycles. The first-order chi connectivity index (χ1) is 6.79. The summed E-state index contributed by atoms with van der Waals surface area (Å²) in [5, 5.41) is 18.1. The first-order valence-corrected chi connectivity index (χ1v) is 4.99. The van der Waals surface area contributed by atoms with Crippen LogP contribution < -0.4 is 11.1 Å². The average Bonchev–Trinajstić information content (AvgIpc) is 1.99. The fraction of sp³-hybridized carbons (Fsp3) is 0.500. The Morgan fingerprint density at radius 1 is 1.27 bits per heavy atom. The number of rotatable bonds is 2. The molecule has 1 heterocycles. The van der Waals surface area contributed by atoms with Crippen LogP contribution in [0.15, 0.2) is 12.1 Å². The molecule has 0 aromatic carbocycles. The SMILES string of the molecule is Cc1nc([B]C(C)(C)C)ccc1B(O)O. The molecule has 1 radical (unpaired) electrons. The van der Waals surface area contributed by atoms with Crippen molar-refractivity contribution >= 4 is 25.5 Å². The number of aryl methyl sites for hydroxylation is 1. The Hall–Kier alpha value is -0.800. The molecule has 0 fully saturated rings. The van der Waals surface area contributed by atoms with Gasteiger partial charge < -0.3 is 10.0 Å². The van der Waals surface area contributed by atoms with Gasteiger partial charge in [-0.3, -0.25) is 4.98 Å². The summed E-state index contributed by atoms with van der Waals surface area (Å²) in [5.74, 6) is 0. The summed E-state index contributed by atoms with van der Waals surface area (Å²) in [5.41, 5.74) is 1.98. The van der Waals surface area contributed by atoms with E-state index < -0.39 is 7.12 Å². The highest BCUT2D eigenvalue weighted by atomic mass is 16.4. The molecule has 0 aliphatic heterocycles. The fourth-order valence-corrected chi connectivity index (χ4v) is 1.39. The van der Waals surface area contributed by atoms with Crippen molar-refractivity contribution in [2.45, 2.75) is 33.0 Å². The molecular weight excluding hydrogens is 188 g/mol. The van der Waals surface area contributed by atoms with Crippen molar-refractivity contribution in [3.05, 3.63) is 17.8 Å². The molecular formula is C10H16B2NO2. The summed E-state index contributed by atoms with van der Waals surface area (Å²) >= 11 is 0. The maximum Gasteiger partial charge on any atom is 0.490 e. The Bertz CT molecular complexity index is 348. The molecule has 1 aromatic rings. The Morgan fingerprint density at radius 3 is 2.27 bits per heavy atom. The molecule has 5 heteroatoms. The quantitative estimate of drug-likeness (QED) is 0.645. The monoisotopic (exact) mass is 204 g/mol. The summed E-state index contributed by atoms with van der Waals surface area (Å²) in [6, 6.07) is 3.50. The molecule has 0 aliphatic rings. The van der Waals surface area contributed by atoms with Crippen LogP contribution in [0.3, 0.4) is 0 Å². The highest BCUT2D eigenvalue weighted by molar-refractivity contribution is 6.59. The van der Waals surface area contributed by atoms with Crippen molar-refractivity contribution < 1.29 is 10.0 Å². The third-order valence-corrected chi connectivity index (χ3v) is 2.01. The van der Waals surface area contributed by atoms with Crippen LogP contribution in [-0.2, 0) is 0 Å². The van der Waals surface area contributed by atoms with Crippen LogP contribution in [-0.4, -0.2) is 29.4 Å². The van der Waals surface area contributed by atoms with E-state index in [2.05, 4.69) is 25.8 Å². The van der Waals surface area contributed by atoms with E-state index in [4.69, 9.17) is 10.0 Å². The minimum atomic E-state index is -1.44. The van der Waals surface area contributed by atoms with Crippen molar-refractivity contribution in [3.63, 3.8) is 0 Å². The van der Waals surface area contributed by atoms with E-state index in [1.54, 1.807) is 19.1 Å². The summed E-state index contributed by atoms with van der Waals surface area (Å²) < 4.78 is 0. The standard InChI is InChI=1S/C10H16B2NO2/c1-7-8(12(14)15)5-6-9(13-7)11-10(2,3)4/h5-6,14-15H,1-4H3. The lowest BCUT2D eigenvalue weighted by Crippen LogP contribution is -2.37. The van der Waals surface area contributed by atoms with Crippen LogP contribution in [0.1, 0.15) is 26.5 Å². The minimum Gasteiger partial charge on any atom is -0.423 e. The molecule has 0 saturated carbocycles. The number of hydrogen-bond donors (Lipinski definition) is 2. The second-order valence-corrected chi connectivity index (χ2v) is 4.79.